The molecule has 33 heavy (non-hydrogen) atoms. The highest BCUT2D eigenvalue weighted by Crippen LogP contribution is 2.16. The molecule has 7 heteroatoms. The summed E-state index contributed by atoms with van der Waals surface area (Å²) in [5.41, 5.74) is 3.31. The summed E-state index contributed by atoms with van der Waals surface area (Å²) < 4.78 is 0. The number of para-hydroxylation sites is 1. The molecule has 0 saturated heterocycles. The lowest BCUT2D eigenvalue weighted by molar-refractivity contribution is -0.118. The summed E-state index contributed by atoms with van der Waals surface area (Å²) >= 11 is 0. The molecule has 0 fully saturated rings. The molecule has 4 amide bonds. The number of hydrogen-bond donors (Lipinski definition) is 4. The third kappa shape index (κ3) is 6.93. The van der Waals surface area contributed by atoms with Crippen LogP contribution in [0.4, 0.5) is 21.9 Å². The predicted octanol–water partition coefficient (Wildman–Crippen LogP) is 5.03. The van der Waals surface area contributed by atoms with Crippen molar-refractivity contribution in [2.45, 2.75) is 26.8 Å². The number of benzene rings is 3. The molecule has 1 unspecified atom stereocenters. The number of hydrogen-bond acceptors (Lipinski definition) is 3. The van der Waals surface area contributed by atoms with Gasteiger partial charge in [-0.1, -0.05) is 49.7 Å². The Bertz CT molecular complexity index is 1110. The number of urea groups is 1. The predicted molar refractivity (Wildman–Crippen MR) is 131 cm³/mol. The molecule has 0 aromatic heterocycles. The van der Waals surface area contributed by atoms with E-state index in [2.05, 4.69) is 21.3 Å². The Morgan fingerprint density at radius 2 is 1.27 bits per heavy atom. The van der Waals surface area contributed by atoms with E-state index < -0.39 is 6.04 Å². The lowest BCUT2D eigenvalue weighted by Crippen LogP contribution is -2.47. The van der Waals surface area contributed by atoms with Crippen molar-refractivity contribution in [3.63, 3.8) is 0 Å². The average Bonchev–Trinajstić information content (AvgIpc) is 2.79. The highest BCUT2D eigenvalue weighted by molar-refractivity contribution is 6.02. The minimum atomic E-state index is -0.701. The molecule has 0 aliphatic rings. The summed E-state index contributed by atoms with van der Waals surface area (Å²) in [6.45, 7) is 5.66. The molecular formula is C26H28N4O3. The number of carbonyl (C=O) groups excluding carboxylic acids is 3. The maximum atomic E-state index is 12.8. The Hall–Kier alpha value is -4.13. The van der Waals surface area contributed by atoms with Crippen molar-refractivity contribution >= 4 is 34.9 Å². The first-order chi connectivity index (χ1) is 15.8. The lowest BCUT2D eigenvalue weighted by atomic mass is 10.0. The van der Waals surface area contributed by atoms with E-state index in [1.807, 2.05) is 51.1 Å². The molecule has 0 radical (unpaired) electrons. The Balaban J connectivity index is 1.58. The topological polar surface area (TPSA) is 99.3 Å². The zero-order valence-corrected chi connectivity index (χ0v) is 18.9. The Kier molecular flexibility index (Phi) is 7.81. The van der Waals surface area contributed by atoms with Crippen LogP contribution in [0.2, 0.25) is 0 Å². The zero-order chi connectivity index (χ0) is 23.8. The Labute approximate surface area is 193 Å². The van der Waals surface area contributed by atoms with Gasteiger partial charge in [-0.05, 0) is 61.4 Å². The van der Waals surface area contributed by atoms with Gasteiger partial charge in [-0.25, -0.2) is 4.79 Å². The molecule has 0 heterocycles. The van der Waals surface area contributed by atoms with Gasteiger partial charge in [0.15, 0.2) is 0 Å². The summed E-state index contributed by atoms with van der Waals surface area (Å²) in [5.74, 6) is -0.716. The van der Waals surface area contributed by atoms with Crippen LogP contribution in [0.1, 0.15) is 29.8 Å². The number of carbonyl (C=O) groups is 3. The highest BCUT2D eigenvalue weighted by Gasteiger charge is 2.25. The van der Waals surface area contributed by atoms with Gasteiger partial charge >= 0.3 is 6.03 Å². The van der Waals surface area contributed by atoms with Crippen LogP contribution in [0.5, 0.6) is 0 Å². The molecule has 3 rings (SSSR count). The summed E-state index contributed by atoms with van der Waals surface area (Å²) in [6, 6.07) is 22.0. The second kappa shape index (κ2) is 10.9. The van der Waals surface area contributed by atoms with Gasteiger partial charge in [0.25, 0.3) is 5.91 Å². The van der Waals surface area contributed by atoms with Gasteiger partial charge in [-0.2, -0.15) is 0 Å². The maximum absolute atomic E-state index is 12.8. The first-order valence-electron chi connectivity index (χ1n) is 10.7. The molecule has 4 N–H and O–H groups in total. The van der Waals surface area contributed by atoms with Crippen LogP contribution in [0.15, 0.2) is 78.9 Å². The summed E-state index contributed by atoms with van der Waals surface area (Å²) in [4.78, 5) is 37.6. The third-order valence-corrected chi connectivity index (χ3v) is 4.96. The smallest absolute Gasteiger partial charge is 0.323 e. The van der Waals surface area contributed by atoms with E-state index in [9.17, 15) is 14.4 Å². The van der Waals surface area contributed by atoms with Crippen LogP contribution in [-0.2, 0) is 4.79 Å². The van der Waals surface area contributed by atoms with E-state index in [-0.39, 0.29) is 23.8 Å². The quantitative estimate of drug-likeness (QED) is 0.411. The van der Waals surface area contributed by atoms with Crippen molar-refractivity contribution in [3.8, 4) is 0 Å². The van der Waals surface area contributed by atoms with Gasteiger partial charge in [0.05, 0.1) is 0 Å². The molecule has 1 atom stereocenters. The standard InChI is InChI=1S/C26H28N4O3/c1-17(2)23(30-24(31)19-9-7-8-18(3)16-19)25(32)27-21-12-14-22(15-13-21)29-26(33)28-20-10-5-4-6-11-20/h4-17,23H,1-3H3,(H,27,32)(H,30,31)(H2,28,29,33). The molecule has 0 aliphatic carbocycles. The van der Waals surface area contributed by atoms with Crippen molar-refractivity contribution in [1.29, 1.82) is 0 Å². The van der Waals surface area contributed by atoms with Crippen molar-refractivity contribution in [3.05, 3.63) is 90.0 Å². The minimum Gasteiger partial charge on any atom is -0.340 e. The van der Waals surface area contributed by atoms with Crippen LogP contribution in [0.3, 0.4) is 0 Å². The molecule has 3 aromatic rings. The van der Waals surface area contributed by atoms with Gasteiger partial charge in [-0.3, -0.25) is 9.59 Å². The fourth-order valence-electron chi connectivity index (χ4n) is 3.22. The number of amides is 4. The number of anilines is 3. The largest absolute Gasteiger partial charge is 0.340 e. The number of nitrogens with one attached hydrogen (secondary N) is 4. The second-order valence-corrected chi connectivity index (χ2v) is 8.08. The van der Waals surface area contributed by atoms with E-state index in [0.29, 0.717) is 22.6 Å². The van der Waals surface area contributed by atoms with E-state index in [1.165, 1.54) is 0 Å². The second-order valence-electron chi connectivity index (χ2n) is 8.08. The van der Waals surface area contributed by atoms with Crippen molar-refractivity contribution in [2.75, 3.05) is 16.0 Å². The molecular weight excluding hydrogens is 416 g/mol. The average molecular weight is 445 g/mol. The Morgan fingerprint density at radius 1 is 0.697 bits per heavy atom. The summed E-state index contributed by atoms with van der Waals surface area (Å²) in [6.07, 6.45) is 0. The van der Waals surface area contributed by atoms with Crippen LogP contribution < -0.4 is 21.3 Å². The molecule has 170 valence electrons. The van der Waals surface area contributed by atoms with E-state index in [0.717, 1.165) is 5.56 Å². The van der Waals surface area contributed by atoms with Crippen LogP contribution >= 0.6 is 0 Å². The minimum absolute atomic E-state index is 0.110. The highest BCUT2D eigenvalue weighted by atomic mass is 16.2. The van der Waals surface area contributed by atoms with Gasteiger partial charge in [-0.15, -0.1) is 0 Å². The first-order valence-corrected chi connectivity index (χ1v) is 10.7. The molecule has 3 aromatic carbocycles. The van der Waals surface area contributed by atoms with Gasteiger partial charge < -0.3 is 21.3 Å². The van der Waals surface area contributed by atoms with Crippen LogP contribution in [-0.4, -0.2) is 23.9 Å². The molecule has 7 nitrogen and oxygen atoms in total. The Morgan fingerprint density at radius 3 is 1.85 bits per heavy atom. The van der Waals surface area contributed by atoms with E-state index in [4.69, 9.17) is 0 Å². The zero-order valence-electron chi connectivity index (χ0n) is 18.9. The van der Waals surface area contributed by atoms with Gasteiger partial charge in [0, 0.05) is 22.6 Å². The molecule has 0 bridgehead atoms. The van der Waals surface area contributed by atoms with E-state index in [1.54, 1.807) is 48.5 Å². The molecule has 0 spiro atoms. The van der Waals surface area contributed by atoms with Gasteiger partial charge in [0.2, 0.25) is 5.91 Å². The van der Waals surface area contributed by atoms with Crippen molar-refractivity contribution in [2.24, 2.45) is 5.92 Å². The SMILES string of the molecule is Cc1cccc(C(=O)NC(C(=O)Nc2ccc(NC(=O)Nc3ccccc3)cc2)C(C)C)c1. The fraction of sp³-hybridized carbons (Fsp3) is 0.192. The normalized spacial score (nSPS) is 11.4. The number of rotatable bonds is 7. The first kappa shape index (κ1) is 23.5. The van der Waals surface area contributed by atoms with Crippen LogP contribution in [0, 0.1) is 12.8 Å². The summed E-state index contributed by atoms with van der Waals surface area (Å²) in [5, 5.41) is 11.1. The maximum Gasteiger partial charge on any atom is 0.323 e. The lowest BCUT2D eigenvalue weighted by Gasteiger charge is -2.22. The number of aryl methyl sites for hydroxylation is 1. The third-order valence-electron chi connectivity index (χ3n) is 4.96. The monoisotopic (exact) mass is 444 g/mol. The van der Waals surface area contributed by atoms with Crippen molar-refractivity contribution in [1.82, 2.24) is 5.32 Å². The fourth-order valence-corrected chi connectivity index (χ4v) is 3.22. The van der Waals surface area contributed by atoms with E-state index >= 15 is 0 Å². The molecule has 0 saturated carbocycles. The molecule has 0 aliphatic heterocycles. The van der Waals surface area contributed by atoms with Crippen LogP contribution in [0.25, 0.3) is 0 Å². The van der Waals surface area contributed by atoms with Crippen molar-refractivity contribution < 1.29 is 14.4 Å². The summed E-state index contributed by atoms with van der Waals surface area (Å²) in [7, 11) is 0. The van der Waals surface area contributed by atoms with Gasteiger partial charge in [0.1, 0.15) is 6.04 Å².